The first-order valence-electron chi connectivity index (χ1n) is 13.8. The summed E-state index contributed by atoms with van der Waals surface area (Å²) >= 11 is 0. The van der Waals surface area contributed by atoms with E-state index in [4.69, 9.17) is 9.47 Å². The molecule has 186 valence electrons. The lowest BCUT2D eigenvalue weighted by molar-refractivity contribution is -0.120. The fourth-order valence-electron chi connectivity index (χ4n) is 5.56. The lowest BCUT2D eigenvalue weighted by Crippen LogP contribution is -2.56. The number of rotatable bonds is 10. The van der Waals surface area contributed by atoms with Gasteiger partial charge < -0.3 is 9.47 Å². The average Bonchev–Trinajstić information content (AvgIpc) is 2.88. The van der Waals surface area contributed by atoms with Crippen LogP contribution in [0.1, 0.15) is 96.3 Å². The summed E-state index contributed by atoms with van der Waals surface area (Å²) in [6.45, 7) is 11.6. The molecule has 4 rings (SSSR count). The smallest absolute Gasteiger partial charge is 0.163 e. The van der Waals surface area contributed by atoms with Gasteiger partial charge in [-0.1, -0.05) is 77.3 Å². The Labute approximate surface area is 207 Å². The summed E-state index contributed by atoms with van der Waals surface area (Å²) in [6.07, 6.45) is 10.7. The van der Waals surface area contributed by atoms with Crippen molar-refractivity contribution in [1.29, 1.82) is 0 Å². The Morgan fingerprint density at radius 1 is 0.941 bits per heavy atom. The molecule has 1 saturated carbocycles. The number of benzene rings is 2. The fraction of sp³-hybridized carbons (Fsp3) is 0.613. The fourth-order valence-corrected chi connectivity index (χ4v) is 5.56. The van der Waals surface area contributed by atoms with Crippen LogP contribution >= 0.6 is 0 Å². The van der Waals surface area contributed by atoms with Gasteiger partial charge in [0.15, 0.2) is 5.72 Å². The van der Waals surface area contributed by atoms with E-state index in [2.05, 4.69) is 81.1 Å². The van der Waals surface area contributed by atoms with E-state index in [1.165, 1.54) is 43.2 Å². The third kappa shape index (κ3) is 5.97. The van der Waals surface area contributed by atoms with Crippen LogP contribution in [0.25, 0.3) is 0 Å². The van der Waals surface area contributed by atoms with Gasteiger partial charge in [-0.15, -0.1) is 0 Å². The van der Waals surface area contributed by atoms with Crippen molar-refractivity contribution in [1.82, 2.24) is 4.90 Å². The highest BCUT2D eigenvalue weighted by Gasteiger charge is 2.41. The largest absolute Gasteiger partial charge is 0.485 e. The molecule has 0 aromatic heterocycles. The Bertz CT molecular complexity index is 878. The van der Waals surface area contributed by atoms with Gasteiger partial charge in [0.1, 0.15) is 17.6 Å². The minimum absolute atomic E-state index is 0.145. The first-order valence-corrected chi connectivity index (χ1v) is 13.8. The number of aryl methyl sites for hydroxylation is 1. The van der Waals surface area contributed by atoms with E-state index in [0.29, 0.717) is 11.8 Å². The van der Waals surface area contributed by atoms with Crippen molar-refractivity contribution in [2.75, 3.05) is 13.1 Å². The molecule has 1 aliphatic heterocycles. The van der Waals surface area contributed by atoms with Crippen molar-refractivity contribution in [3.63, 3.8) is 0 Å². The molecule has 1 fully saturated rings. The van der Waals surface area contributed by atoms with Gasteiger partial charge in [-0.2, -0.15) is 0 Å². The highest BCUT2D eigenvalue weighted by atomic mass is 16.5. The standard InChI is InChI=1S/C31H45NO2/c1-5-24(3)22-32(23-25(4)6-2)31(19-11-8-12-20-31)34-28-16-18-30-27(21-28)15-17-29(33-30)26-13-9-7-10-14-26/h7,9-10,13-14,16,18,21,24-25,29H,5-6,8,11-12,15,17,19-20,22-23H2,1-4H3. The molecule has 3 nitrogen and oxygen atoms in total. The highest BCUT2D eigenvalue weighted by molar-refractivity contribution is 5.42. The van der Waals surface area contributed by atoms with Crippen LogP contribution in [0.2, 0.25) is 0 Å². The Morgan fingerprint density at radius 3 is 2.26 bits per heavy atom. The molecule has 0 N–H and O–H groups in total. The van der Waals surface area contributed by atoms with Gasteiger partial charge in [-0.3, -0.25) is 4.90 Å². The molecule has 0 radical (unpaired) electrons. The molecule has 2 aromatic rings. The van der Waals surface area contributed by atoms with Crippen LogP contribution in [0.4, 0.5) is 0 Å². The van der Waals surface area contributed by atoms with E-state index in [0.717, 1.165) is 50.3 Å². The van der Waals surface area contributed by atoms with Gasteiger partial charge >= 0.3 is 0 Å². The lowest BCUT2D eigenvalue weighted by atomic mass is 9.88. The quantitative estimate of drug-likeness (QED) is 0.332. The Kier molecular flexibility index (Phi) is 8.58. The summed E-state index contributed by atoms with van der Waals surface area (Å²) in [6, 6.07) is 17.1. The third-order valence-electron chi connectivity index (χ3n) is 8.13. The average molecular weight is 464 g/mol. The van der Waals surface area contributed by atoms with E-state index in [1.807, 2.05) is 0 Å². The molecule has 0 spiro atoms. The molecule has 0 saturated heterocycles. The maximum atomic E-state index is 7.04. The summed E-state index contributed by atoms with van der Waals surface area (Å²) in [5.41, 5.74) is 2.37. The van der Waals surface area contributed by atoms with Crippen LogP contribution in [-0.2, 0) is 6.42 Å². The van der Waals surface area contributed by atoms with Gasteiger partial charge in [0.25, 0.3) is 0 Å². The second-order valence-electron chi connectivity index (χ2n) is 10.9. The van der Waals surface area contributed by atoms with Crippen LogP contribution in [0, 0.1) is 11.8 Å². The normalized spacial score (nSPS) is 21.4. The highest BCUT2D eigenvalue weighted by Crippen LogP contribution is 2.41. The van der Waals surface area contributed by atoms with Gasteiger partial charge in [-0.25, -0.2) is 0 Å². The zero-order valence-electron chi connectivity index (χ0n) is 21.9. The van der Waals surface area contributed by atoms with E-state index in [9.17, 15) is 0 Å². The van der Waals surface area contributed by atoms with Gasteiger partial charge in [-0.05, 0) is 66.8 Å². The number of hydrogen-bond donors (Lipinski definition) is 0. The van der Waals surface area contributed by atoms with Gasteiger partial charge in [0, 0.05) is 25.9 Å². The van der Waals surface area contributed by atoms with Crippen LogP contribution in [0.3, 0.4) is 0 Å². The van der Waals surface area contributed by atoms with Crippen molar-refractivity contribution in [2.45, 2.75) is 97.3 Å². The molecule has 34 heavy (non-hydrogen) atoms. The maximum Gasteiger partial charge on any atom is 0.163 e. The van der Waals surface area contributed by atoms with E-state index < -0.39 is 0 Å². The summed E-state index contributed by atoms with van der Waals surface area (Å²) < 4.78 is 13.4. The van der Waals surface area contributed by atoms with E-state index >= 15 is 0 Å². The summed E-state index contributed by atoms with van der Waals surface area (Å²) in [5, 5.41) is 0. The zero-order chi connectivity index (χ0) is 24.0. The van der Waals surface area contributed by atoms with E-state index in [-0.39, 0.29) is 11.8 Å². The van der Waals surface area contributed by atoms with Crippen LogP contribution < -0.4 is 9.47 Å². The minimum Gasteiger partial charge on any atom is -0.485 e. The summed E-state index contributed by atoms with van der Waals surface area (Å²) in [7, 11) is 0. The van der Waals surface area contributed by atoms with Crippen LogP contribution in [-0.4, -0.2) is 23.7 Å². The zero-order valence-corrected chi connectivity index (χ0v) is 21.9. The Balaban J connectivity index is 1.55. The molecule has 1 heterocycles. The maximum absolute atomic E-state index is 7.04. The van der Waals surface area contributed by atoms with Crippen molar-refractivity contribution in [3.05, 3.63) is 59.7 Å². The van der Waals surface area contributed by atoms with Crippen molar-refractivity contribution in [3.8, 4) is 11.5 Å². The predicted molar refractivity (Wildman–Crippen MR) is 142 cm³/mol. The molecule has 3 heteroatoms. The minimum atomic E-state index is -0.179. The Hall–Kier alpha value is -2.00. The molecular formula is C31H45NO2. The molecule has 3 atom stereocenters. The predicted octanol–water partition coefficient (Wildman–Crippen LogP) is 8.19. The van der Waals surface area contributed by atoms with Crippen molar-refractivity contribution >= 4 is 0 Å². The SMILES string of the molecule is CCC(C)CN(CC(C)CC)C1(Oc2ccc3c(c2)CCC(c2ccccc2)O3)CCCCC1. The summed E-state index contributed by atoms with van der Waals surface area (Å²) in [4.78, 5) is 2.72. The second-order valence-corrected chi connectivity index (χ2v) is 10.9. The topological polar surface area (TPSA) is 21.7 Å². The third-order valence-corrected chi connectivity index (χ3v) is 8.13. The second kappa shape index (κ2) is 11.6. The number of fused-ring (bicyclic) bond motifs is 1. The molecule has 2 aromatic carbocycles. The molecule has 1 aliphatic carbocycles. The molecule has 0 bridgehead atoms. The lowest BCUT2D eigenvalue weighted by Gasteiger charge is -2.48. The summed E-state index contributed by atoms with van der Waals surface area (Å²) in [5.74, 6) is 3.39. The monoisotopic (exact) mass is 463 g/mol. The molecule has 0 amide bonds. The first-order chi connectivity index (χ1) is 16.5. The van der Waals surface area contributed by atoms with Gasteiger partial charge in [0.2, 0.25) is 0 Å². The van der Waals surface area contributed by atoms with Crippen LogP contribution in [0.5, 0.6) is 11.5 Å². The number of hydrogen-bond acceptors (Lipinski definition) is 3. The molecular weight excluding hydrogens is 418 g/mol. The van der Waals surface area contributed by atoms with Crippen molar-refractivity contribution in [2.24, 2.45) is 11.8 Å². The molecule has 2 aliphatic rings. The Morgan fingerprint density at radius 2 is 1.62 bits per heavy atom. The number of ether oxygens (including phenoxy) is 2. The molecule has 3 unspecified atom stereocenters. The van der Waals surface area contributed by atoms with E-state index in [1.54, 1.807) is 0 Å². The van der Waals surface area contributed by atoms with Gasteiger partial charge in [0.05, 0.1) is 0 Å². The number of nitrogens with zero attached hydrogens (tertiary/aromatic N) is 1. The van der Waals surface area contributed by atoms with Crippen LogP contribution in [0.15, 0.2) is 48.5 Å². The first kappa shape index (κ1) is 25.1. The van der Waals surface area contributed by atoms with Crippen molar-refractivity contribution < 1.29 is 9.47 Å².